The van der Waals surface area contributed by atoms with Crippen LogP contribution in [0.5, 0.6) is 11.5 Å². The summed E-state index contributed by atoms with van der Waals surface area (Å²) in [6, 6.07) is 16.4. The standard InChI is InChI=1S/C24H17BrFN3O5/c1-33-22-10-16(21(25)12-23(22)34-14-15-4-2-5-18(26)8-15)9-17(13-27)24(30)28-19-6-3-7-20(11-19)29(31)32/h2-12H,14H2,1H3,(H,28,30)/b17-9+. The fourth-order valence-corrected chi connectivity index (χ4v) is 3.36. The minimum absolute atomic E-state index is 0.102. The number of methoxy groups -OCH3 is 1. The summed E-state index contributed by atoms with van der Waals surface area (Å²) < 4.78 is 25.0. The summed E-state index contributed by atoms with van der Waals surface area (Å²) in [6.45, 7) is 0.102. The summed E-state index contributed by atoms with van der Waals surface area (Å²) in [7, 11) is 1.44. The molecule has 3 aromatic carbocycles. The second-order valence-electron chi connectivity index (χ2n) is 6.87. The van der Waals surface area contributed by atoms with E-state index in [1.807, 2.05) is 6.07 Å². The molecule has 0 unspecified atom stereocenters. The number of non-ortho nitro benzene ring substituents is 1. The monoisotopic (exact) mass is 525 g/mol. The van der Waals surface area contributed by atoms with Gasteiger partial charge in [-0.15, -0.1) is 0 Å². The van der Waals surface area contributed by atoms with Crippen molar-refractivity contribution in [3.8, 4) is 17.6 Å². The van der Waals surface area contributed by atoms with E-state index in [0.29, 0.717) is 27.1 Å². The van der Waals surface area contributed by atoms with Crippen molar-refractivity contribution in [3.63, 3.8) is 0 Å². The molecule has 0 aliphatic carbocycles. The van der Waals surface area contributed by atoms with Gasteiger partial charge in [-0.05, 0) is 47.5 Å². The minimum Gasteiger partial charge on any atom is -0.493 e. The van der Waals surface area contributed by atoms with Crippen LogP contribution in [0.25, 0.3) is 6.08 Å². The van der Waals surface area contributed by atoms with Gasteiger partial charge < -0.3 is 14.8 Å². The second-order valence-corrected chi connectivity index (χ2v) is 7.73. The molecule has 1 N–H and O–H groups in total. The average Bonchev–Trinajstić information content (AvgIpc) is 2.82. The highest BCUT2D eigenvalue weighted by Gasteiger charge is 2.15. The van der Waals surface area contributed by atoms with Crippen molar-refractivity contribution >= 4 is 39.3 Å². The molecule has 0 heterocycles. The largest absolute Gasteiger partial charge is 0.493 e. The molecule has 0 aliphatic heterocycles. The van der Waals surface area contributed by atoms with Crippen LogP contribution < -0.4 is 14.8 Å². The highest BCUT2D eigenvalue weighted by molar-refractivity contribution is 9.10. The number of nitriles is 1. The maximum Gasteiger partial charge on any atom is 0.271 e. The first-order valence-electron chi connectivity index (χ1n) is 9.73. The third-order valence-corrected chi connectivity index (χ3v) is 5.23. The Labute approximate surface area is 202 Å². The van der Waals surface area contributed by atoms with Crippen LogP contribution in [0.4, 0.5) is 15.8 Å². The Morgan fingerprint density at radius 1 is 1.21 bits per heavy atom. The van der Waals surface area contributed by atoms with Gasteiger partial charge in [0.2, 0.25) is 0 Å². The van der Waals surface area contributed by atoms with Crippen LogP contribution in [0.15, 0.2) is 70.7 Å². The van der Waals surface area contributed by atoms with E-state index in [1.54, 1.807) is 24.3 Å². The molecule has 0 fully saturated rings. The summed E-state index contributed by atoms with van der Waals surface area (Å²) >= 11 is 3.39. The van der Waals surface area contributed by atoms with E-state index in [-0.39, 0.29) is 29.4 Å². The maximum atomic E-state index is 13.4. The topological polar surface area (TPSA) is 114 Å². The van der Waals surface area contributed by atoms with Crippen molar-refractivity contribution in [2.24, 2.45) is 0 Å². The third kappa shape index (κ3) is 6.17. The predicted octanol–water partition coefficient (Wildman–Crippen LogP) is 5.63. The van der Waals surface area contributed by atoms with Crippen LogP contribution in [0.2, 0.25) is 0 Å². The Bertz CT molecular complexity index is 1320. The molecule has 0 aliphatic rings. The molecular weight excluding hydrogens is 509 g/mol. The van der Waals surface area contributed by atoms with Gasteiger partial charge >= 0.3 is 0 Å². The number of nitrogens with one attached hydrogen (secondary N) is 1. The van der Waals surface area contributed by atoms with E-state index in [0.717, 1.165) is 0 Å². The number of halogens is 2. The third-order valence-electron chi connectivity index (χ3n) is 4.55. The highest BCUT2D eigenvalue weighted by atomic mass is 79.9. The molecule has 8 nitrogen and oxygen atoms in total. The molecule has 0 aromatic heterocycles. The van der Waals surface area contributed by atoms with Gasteiger partial charge in [0.15, 0.2) is 11.5 Å². The lowest BCUT2D eigenvalue weighted by Gasteiger charge is -2.13. The number of amides is 1. The fourth-order valence-electron chi connectivity index (χ4n) is 2.92. The molecule has 0 atom stereocenters. The zero-order valence-electron chi connectivity index (χ0n) is 17.7. The quantitative estimate of drug-likeness (QED) is 0.176. The first-order chi connectivity index (χ1) is 16.3. The van der Waals surface area contributed by atoms with Crippen LogP contribution in [0.3, 0.4) is 0 Å². The molecule has 34 heavy (non-hydrogen) atoms. The van der Waals surface area contributed by atoms with Crippen LogP contribution in [-0.4, -0.2) is 17.9 Å². The molecule has 1 amide bonds. The van der Waals surface area contributed by atoms with Gasteiger partial charge in [0.25, 0.3) is 11.6 Å². The van der Waals surface area contributed by atoms with Crippen LogP contribution >= 0.6 is 15.9 Å². The Morgan fingerprint density at radius 2 is 1.97 bits per heavy atom. The van der Waals surface area contributed by atoms with E-state index in [1.165, 1.54) is 49.6 Å². The number of carbonyl (C=O) groups excluding carboxylic acids is 1. The summed E-state index contributed by atoms with van der Waals surface area (Å²) in [4.78, 5) is 22.9. The smallest absolute Gasteiger partial charge is 0.271 e. The Balaban J connectivity index is 1.82. The van der Waals surface area contributed by atoms with Crippen LogP contribution in [-0.2, 0) is 11.4 Å². The predicted molar refractivity (Wildman–Crippen MR) is 127 cm³/mol. The summed E-state index contributed by atoms with van der Waals surface area (Å²) in [5, 5.41) is 22.9. The molecule has 0 radical (unpaired) electrons. The lowest BCUT2D eigenvalue weighted by Crippen LogP contribution is -2.13. The number of ether oxygens (including phenoxy) is 2. The van der Waals surface area contributed by atoms with Crippen LogP contribution in [0.1, 0.15) is 11.1 Å². The zero-order chi connectivity index (χ0) is 24.7. The van der Waals surface area contributed by atoms with Gasteiger partial charge in [-0.3, -0.25) is 14.9 Å². The summed E-state index contributed by atoms with van der Waals surface area (Å²) in [5.41, 5.74) is 0.842. The van der Waals surface area contributed by atoms with Crippen molar-refractivity contribution in [3.05, 3.63) is 97.8 Å². The van der Waals surface area contributed by atoms with Crippen molar-refractivity contribution in [2.45, 2.75) is 6.61 Å². The first-order valence-corrected chi connectivity index (χ1v) is 10.5. The minimum atomic E-state index is -0.736. The molecule has 0 bridgehead atoms. The molecule has 0 spiro atoms. The number of nitro groups is 1. The number of hydrogen-bond donors (Lipinski definition) is 1. The molecule has 10 heteroatoms. The van der Waals surface area contributed by atoms with Crippen molar-refractivity contribution in [2.75, 3.05) is 12.4 Å². The van der Waals surface area contributed by atoms with Crippen molar-refractivity contribution < 1.29 is 23.6 Å². The van der Waals surface area contributed by atoms with E-state index < -0.39 is 10.8 Å². The normalized spacial score (nSPS) is 10.8. The Hall–Kier alpha value is -4.23. The van der Waals surface area contributed by atoms with Crippen molar-refractivity contribution in [1.82, 2.24) is 0 Å². The summed E-state index contributed by atoms with van der Waals surface area (Å²) in [5.74, 6) is -0.403. The molecular formula is C24H17BrFN3O5. The number of anilines is 1. The Kier molecular flexibility index (Phi) is 7.95. The van der Waals surface area contributed by atoms with E-state index >= 15 is 0 Å². The van der Waals surface area contributed by atoms with Crippen LogP contribution in [0, 0.1) is 27.3 Å². The van der Waals surface area contributed by atoms with Crippen molar-refractivity contribution in [1.29, 1.82) is 5.26 Å². The lowest BCUT2D eigenvalue weighted by molar-refractivity contribution is -0.384. The van der Waals surface area contributed by atoms with Gasteiger partial charge in [-0.25, -0.2) is 4.39 Å². The molecule has 172 valence electrons. The number of hydrogen-bond acceptors (Lipinski definition) is 6. The number of rotatable bonds is 8. The molecule has 0 saturated heterocycles. The Morgan fingerprint density at radius 3 is 2.65 bits per heavy atom. The first kappa shape index (κ1) is 24.4. The van der Waals surface area contributed by atoms with Gasteiger partial charge in [-0.2, -0.15) is 5.26 Å². The van der Waals surface area contributed by atoms with E-state index in [2.05, 4.69) is 21.2 Å². The molecule has 0 saturated carbocycles. The average molecular weight is 526 g/mol. The number of benzene rings is 3. The summed E-state index contributed by atoms with van der Waals surface area (Å²) in [6.07, 6.45) is 1.34. The van der Waals surface area contributed by atoms with Gasteiger partial charge in [-0.1, -0.05) is 34.1 Å². The number of nitrogens with zero attached hydrogens (tertiary/aromatic N) is 2. The van der Waals surface area contributed by atoms with Gasteiger partial charge in [0.05, 0.1) is 12.0 Å². The number of carbonyl (C=O) groups is 1. The molecule has 3 aromatic rings. The SMILES string of the molecule is COc1cc(/C=C(\C#N)C(=O)Nc2cccc([N+](=O)[O-])c2)c(Br)cc1OCc1cccc(F)c1. The molecule has 3 rings (SSSR count). The van der Waals surface area contributed by atoms with E-state index in [4.69, 9.17) is 9.47 Å². The zero-order valence-corrected chi connectivity index (χ0v) is 19.3. The lowest BCUT2D eigenvalue weighted by atomic mass is 10.1. The van der Waals surface area contributed by atoms with Gasteiger partial charge in [0.1, 0.15) is 24.1 Å². The van der Waals surface area contributed by atoms with E-state index in [9.17, 15) is 24.6 Å². The fraction of sp³-hybridized carbons (Fsp3) is 0.0833. The highest BCUT2D eigenvalue weighted by Crippen LogP contribution is 2.35. The maximum absolute atomic E-state index is 13.4. The van der Waals surface area contributed by atoms with Gasteiger partial charge in [0, 0.05) is 22.3 Å². The number of nitro benzene ring substituents is 1. The second kappa shape index (κ2) is 11.1.